The van der Waals surface area contributed by atoms with Gasteiger partial charge in [-0.25, -0.2) is 15.0 Å². The molecule has 3 aromatic rings. The lowest BCUT2D eigenvalue weighted by atomic mass is 10.1. The van der Waals surface area contributed by atoms with Gasteiger partial charge in [0.2, 0.25) is 0 Å². The minimum atomic E-state index is 0.948. The molecule has 4 rings (SSSR count). The molecule has 1 aliphatic heterocycles. The average Bonchev–Trinajstić information content (AvgIpc) is 2.97. The normalized spacial score (nSPS) is 15.0. The van der Waals surface area contributed by atoms with Gasteiger partial charge >= 0.3 is 0 Å². The van der Waals surface area contributed by atoms with Gasteiger partial charge in [0, 0.05) is 66.4 Å². The van der Waals surface area contributed by atoms with Gasteiger partial charge in [0.1, 0.15) is 10.7 Å². The van der Waals surface area contributed by atoms with Crippen LogP contribution in [-0.2, 0) is 25.9 Å². The van der Waals surface area contributed by atoms with E-state index < -0.39 is 0 Å². The highest BCUT2D eigenvalue weighted by atomic mass is 32.1. The second kappa shape index (κ2) is 6.34. The number of rotatable bonds is 4. The van der Waals surface area contributed by atoms with Gasteiger partial charge in [0.15, 0.2) is 0 Å². The van der Waals surface area contributed by atoms with Crippen LogP contribution in [-0.4, -0.2) is 26.4 Å². The topological polar surface area (TPSA) is 41.9 Å². The minimum Gasteiger partial charge on any atom is -0.293 e. The van der Waals surface area contributed by atoms with Crippen molar-refractivity contribution in [2.45, 2.75) is 39.3 Å². The molecule has 0 radical (unpaired) electrons. The molecule has 0 N–H and O–H groups in total. The summed E-state index contributed by atoms with van der Waals surface area (Å²) in [6.45, 7) is 5.17. The Labute approximate surface area is 140 Å². The third-order valence-corrected chi connectivity index (χ3v) is 5.30. The second-order valence-corrected chi connectivity index (χ2v) is 7.19. The van der Waals surface area contributed by atoms with Crippen molar-refractivity contribution in [2.75, 3.05) is 6.54 Å². The number of aryl methyl sites for hydroxylation is 1. The van der Waals surface area contributed by atoms with Crippen LogP contribution in [0.5, 0.6) is 0 Å². The first-order valence-corrected chi connectivity index (χ1v) is 9.03. The summed E-state index contributed by atoms with van der Waals surface area (Å²) >= 11 is 1.80. The van der Waals surface area contributed by atoms with Gasteiger partial charge in [-0.2, -0.15) is 0 Å². The SMILES string of the molecule is CCCc1ncc2c(n1)CCN(Cc1cc3cccnc3s1)C2. The monoisotopic (exact) mass is 324 g/mol. The van der Waals surface area contributed by atoms with Crippen molar-refractivity contribution in [3.05, 3.63) is 52.6 Å². The zero-order valence-corrected chi connectivity index (χ0v) is 14.1. The molecule has 0 saturated heterocycles. The van der Waals surface area contributed by atoms with E-state index in [2.05, 4.69) is 33.9 Å². The molecular formula is C18H20N4S. The van der Waals surface area contributed by atoms with E-state index in [1.807, 2.05) is 18.5 Å². The summed E-state index contributed by atoms with van der Waals surface area (Å²) < 4.78 is 0. The lowest BCUT2D eigenvalue weighted by Gasteiger charge is -2.27. The Bertz CT molecular complexity index is 794. The number of pyridine rings is 1. The molecule has 0 bridgehead atoms. The molecule has 0 fully saturated rings. The van der Waals surface area contributed by atoms with Crippen molar-refractivity contribution < 1.29 is 0 Å². The molecule has 0 spiro atoms. The lowest BCUT2D eigenvalue weighted by Crippen LogP contribution is -2.30. The molecule has 0 amide bonds. The molecule has 4 heterocycles. The van der Waals surface area contributed by atoms with Gasteiger partial charge in [-0.1, -0.05) is 13.0 Å². The Balaban J connectivity index is 1.49. The minimum absolute atomic E-state index is 0.948. The van der Waals surface area contributed by atoms with Crippen LogP contribution in [0.2, 0.25) is 0 Å². The van der Waals surface area contributed by atoms with Gasteiger partial charge in [-0.15, -0.1) is 11.3 Å². The lowest BCUT2D eigenvalue weighted by molar-refractivity contribution is 0.244. The van der Waals surface area contributed by atoms with Crippen LogP contribution in [0.15, 0.2) is 30.6 Å². The summed E-state index contributed by atoms with van der Waals surface area (Å²) in [5.41, 5.74) is 2.54. The largest absolute Gasteiger partial charge is 0.293 e. The highest BCUT2D eigenvalue weighted by molar-refractivity contribution is 7.18. The van der Waals surface area contributed by atoms with Crippen LogP contribution in [0.1, 0.15) is 35.3 Å². The van der Waals surface area contributed by atoms with E-state index in [0.717, 1.165) is 49.6 Å². The van der Waals surface area contributed by atoms with Crippen molar-refractivity contribution in [1.29, 1.82) is 0 Å². The first-order valence-electron chi connectivity index (χ1n) is 8.21. The van der Waals surface area contributed by atoms with Gasteiger partial charge in [-0.3, -0.25) is 4.90 Å². The summed E-state index contributed by atoms with van der Waals surface area (Å²) in [5, 5.41) is 1.25. The van der Waals surface area contributed by atoms with Crippen molar-refractivity contribution in [1.82, 2.24) is 19.9 Å². The fourth-order valence-corrected chi connectivity index (χ4v) is 4.16. The molecular weight excluding hydrogens is 304 g/mol. The predicted octanol–water partition coefficient (Wildman–Crippen LogP) is 3.60. The second-order valence-electron chi connectivity index (χ2n) is 6.08. The smallest absolute Gasteiger partial charge is 0.128 e. The number of hydrogen-bond donors (Lipinski definition) is 0. The van der Waals surface area contributed by atoms with E-state index in [0.29, 0.717) is 0 Å². The Morgan fingerprint density at radius 2 is 2.26 bits per heavy atom. The third kappa shape index (κ3) is 3.12. The van der Waals surface area contributed by atoms with E-state index in [1.165, 1.54) is 21.5 Å². The summed E-state index contributed by atoms with van der Waals surface area (Å²) in [5.74, 6) is 0.996. The van der Waals surface area contributed by atoms with Crippen LogP contribution in [0, 0.1) is 0 Å². The van der Waals surface area contributed by atoms with Crippen molar-refractivity contribution in [2.24, 2.45) is 0 Å². The first kappa shape index (κ1) is 14.7. The highest BCUT2D eigenvalue weighted by Gasteiger charge is 2.19. The molecule has 4 nitrogen and oxygen atoms in total. The number of hydrogen-bond acceptors (Lipinski definition) is 5. The molecule has 0 saturated carbocycles. The van der Waals surface area contributed by atoms with E-state index in [1.54, 1.807) is 11.3 Å². The molecule has 0 unspecified atom stereocenters. The van der Waals surface area contributed by atoms with Crippen LogP contribution in [0.25, 0.3) is 10.2 Å². The van der Waals surface area contributed by atoms with Gasteiger partial charge in [0.05, 0.1) is 0 Å². The Morgan fingerprint density at radius 1 is 1.30 bits per heavy atom. The quantitative estimate of drug-likeness (QED) is 0.735. The summed E-state index contributed by atoms with van der Waals surface area (Å²) in [6.07, 6.45) is 7.01. The Morgan fingerprint density at radius 3 is 3.13 bits per heavy atom. The summed E-state index contributed by atoms with van der Waals surface area (Å²) in [6, 6.07) is 6.40. The predicted molar refractivity (Wildman–Crippen MR) is 93.5 cm³/mol. The third-order valence-electron chi connectivity index (χ3n) is 4.26. The average molecular weight is 324 g/mol. The van der Waals surface area contributed by atoms with Gasteiger partial charge < -0.3 is 0 Å². The zero-order valence-electron chi connectivity index (χ0n) is 13.3. The summed E-state index contributed by atoms with van der Waals surface area (Å²) in [7, 11) is 0. The molecule has 1 aliphatic rings. The maximum atomic E-state index is 4.73. The van der Waals surface area contributed by atoms with Gasteiger partial charge in [0.25, 0.3) is 0 Å². The number of nitrogens with zero attached hydrogens (tertiary/aromatic N) is 4. The van der Waals surface area contributed by atoms with Gasteiger partial charge in [-0.05, 0) is 18.6 Å². The number of thiophene rings is 1. The maximum absolute atomic E-state index is 4.73. The Hall–Kier alpha value is -1.85. The van der Waals surface area contributed by atoms with Crippen LogP contribution in [0.4, 0.5) is 0 Å². The summed E-state index contributed by atoms with van der Waals surface area (Å²) in [4.78, 5) is 18.7. The Kier molecular flexibility index (Phi) is 4.06. The highest BCUT2D eigenvalue weighted by Crippen LogP contribution is 2.26. The first-order chi connectivity index (χ1) is 11.3. The van der Waals surface area contributed by atoms with E-state index in [-0.39, 0.29) is 0 Å². The molecule has 0 aliphatic carbocycles. The number of aromatic nitrogens is 3. The molecule has 118 valence electrons. The van der Waals surface area contributed by atoms with Crippen molar-refractivity contribution in [3.63, 3.8) is 0 Å². The standard InChI is InChI=1S/C18H20N4S/c1-2-4-17-20-10-14-11-22(8-6-16(14)21-17)12-15-9-13-5-3-7-19-18(13)23-15/h3,5,7,9-10H,2,4,6,8,11-12H2,1H3. The molecule has 0 atom stereocenters. The van der Waals surface area contributed by atoms with E-state index in [4.69, 9.17) is 4.98 Å². The van der Waals surface area contributed by atoms with Crippen LogP contribution in [0.3, 0.4) is 0 Å². The number of fused-ring (bicyclic) bond motifs is 2. The van der Waals surface area contributed by atoms with Crippen LogP contribution < -0.4 is 0 Å². The van der Waals surface area contributed by atoms with Crippen LogP contribution >= 0.6 is 11.3 Å². The molecule has 5 heteroatoms. The van der Waals surface area contributed by atoms with Crippen molar-refractivity contribution >= 4 is 21.6 Å². The molecule has 3 aromatic heterocycles. The molecule has 23 heavy (non-hydrogen) atoms. The van der Waals surface area contributed by atoms with E-state index >= 15 is 0 Å². The van der Waals surface area contributed by atoms with Crippen molar-refractivity contribution in [3.8, 4) is 0 Å². The molecule has 0 aromatic carbocycles. The van der Waals surface area contributed by atoms with E-state index in [9.17, 15) is 0 Å². The fourth-order valence-electron chi connectivity index (χ4n) is 3.12. The maximum Gasteiger partial charge on any atom is 0.128 e. The fraction of sp³-hybridized carbons (Fsp3) is 0.389. The zero-order chi connectivity index (χ0) is 15.6.